The maximum absolute atomic E-state index is 5.39. The summed E-state index contributed by atoms with van der Waals surface area (Å²) < 4.78 is 10.7. The maximum atomic E-state index is 5.39. The van der Waals surface area contributed by atoms with Crippen LogP contribution in [0.1, 0.15) is 32.8 Å². The molecule has 0 spiro atoms. The first-order chi connectivity index (χ1) is 10.5. The van der Waals surface area contributed by atoms with Crippen LogP contribution in [0, 0.1) is 0 Å². The van der Waals surface area contributed by atoms with E-state index in [1.165, 1.54) is 5.56 Å². The second kappa shape index (κ2) is 10.6. The Kier molecular flexibility index (Phi) is 10.0. The Balaban J connectivity index is 0.00000484. The number of hydrogen-bond donors (Lipinski definition) is 2. The van der Waals surface area contributed by atoms with Crippen LogP contribution in [0.3, 0.4) is 0 Å². The molecule has 0 saturated carbocycles. The van der Waals surface area contributed by atoms with Crippen molar-refractivity contribution in [3.63, 3.8) is 0 Å². The van der Waals surface area contributed by atoms with E-state index in [2.05, 4.69) is 42.5 Å². The van der Waals surface area contributed by atoms with Crippen molar-refractivity contribution in [3.05, 3.63) is 23.8 Å². The molecule has 0 aromatic heterocycles. The van der Waals surface area contributed by atoms with E-state index in [0.29, 0.717) is 0 Å². The zero-order valence-electron chi connectivity index (χ0n) is 15.0. The highest BCUT2D eigenvalue weighted by Crippen LogP contribution is 2.32. The van der Waals surface area contributed by atoms with E-state index < -0.39 is 0 Å². The predicted molar refractivity (Wildman–Crippen MR) is 108 cm³/mol. The molecule has 0 aliphatic carbocycles. The van der Waals surface area contributed by atoms with Crippen LogP contribution < -0.4 is 20.1 Å². The van der Waals surface area contributed by atoms with Crippen molar-refractivity contribution in [3.8, 4) is 11.5 Å². The van der Waals surface area contributed by atoms with E-state index in [9.17, 15) is 0 Å². The van der Waals surface area contributed by atoms with Gasteiger partial charge in [0.25, 0.3) is 0 Å². The van der Waals surface area contributed by atoms with Gasteiger partial charge in [0.2, 0.25) is 0 Å². The topological polar surface area (TPSA) is 54.9 Å². The van der Waals surface area contributed by atoms with E-state index in [4.69, 9.17) is 9.47 Å². The summed E-state index contributed by atoms with van der Waals surface area (Å²) in [5.74, 6) is 2.33. The highest BCUT2D eigenvalue weighted by atomic mass is 127. The molecular formula is C17H30IN3O2. The van der Waals surface area contributed by atoms with Gasteiger partial charge in [-0.15, -0.1) is 24.0 Å². The highest BCUT2D eigenvalue weighted by Gasteiger charge is 2.22. The molecule has 0 saturated heterocycles. The van der Waals surface area contributed by atoms with Crippen LogP contribution in [-0.2, 0) is 5.41 Å². The molecule has 5 nitrogen and oxygen atoms in total. The molecule has 6 heteroatoms. The number of nitrogens with zero attached hydrogens (tertiary/aromatic N) is 1. The van der Waals surface area contributed by atoms with Crippen LogP contribution in [0.5, 0.6) is 11.5 Å². The fraction of sp³-hybridized carbons (Fsp3) is 0.588. The molecule has 0 fully saturated rings. The predicted octanol–water partition coefficient (Wildman–Crippen LogP) is 3.17. The number of rotatable bonds is 7. The summed E-state index contributed by atoms with van der Waals surface area (Å²) in [6.45, 7) is 8.19. The molecule has 0 unspecified atom stereocenters. The van der Waals surface area contributed by atoms with Crippen LogP contribution in [0.15, 0.2) is 23.2 Å². The Labute approximate surface area is 157 Å². The third-order valence-corrected chi connectivity index (χ3v) is 3.63. The quantitative estimate of drug-likeness (QED) is 0.393. The molecule has 1 aromatic rings. The van der Waals surface area contributed by atoms with Gasteiger partial charge in [0.1, 0.15) is 0 Å². The van der Waals surface area contributed by atoms with Crippen LogP contribution in [0.2, 0.25) is 0 Å². The first kappa shape index (κ1) is 21.8. The molecule has 1 aromatic carbocycles. The highest BCUT2D eigenvalue weighted by molar-refractivity contribution is 14.0. The first-order valence-electron chi connectivity index (χ1n) is 7.65. The molecule has 0 heterocycles. The van der Waals surface area contributed by atoms with Gasteiger partial charge >= 0.3 is 0 Å². The van der Waals surface area contributed by atoms with Gasteiger partial charge in [-0.25, -0.2) is 0 Å². The molecule has 132 valence electrons. The van der Waals surface area contributed by atoms with Gasteiger partial charge in [-0.1, -0.05) is 26.8 Å². The Hall–Kier alpha value is -1.18. The van der Waals surface area contributed by atoms with E-state index in [1.807, 2.05) is 12.1 Å². The van der Waals surface area contributed by atoms with Crippen molar-refractivity contribution in [1.82, 2.24) is 10.6 Å². The molecule has 2 N–H and O–H groups in total. The summed E-state index contributed by atoms with van der Waals surface area (Å²) in [7, 11) is 5.09. The number of halogens is 1. The zero-order chi connectivity index (χ0) is 16.6. The smallest absolute Gasteiger partial charge is 0.191 e. The summed E-state index contributed by atoms with van der Waals surface area (Å²) >= 11 is 0. The summed E-state index contributed by atoms with van der Waals surface area (Å²) in [4.78, 5) is 4.23. The number of hydrogen-bond acceptors (Lipinski definition) is 3. The molecule has 1 rings (SSSR count). The molecule has 0 amide bonds. The van der Waals surface area contributed by atoms with Crippen molar-refractivity contribution in [2.75, 3.05) is 34.4 Å². The van der Waals surface area contributed by atoms with Crippen molar-refractivity contribution >= 4 is 29.9 Å². The number of ether oxygens (including phenoxy) is 2. The number of guanidine groups is 1. The Bertz CT molecular complexity index is 505. The fourth-order valence-corrected chi connectivity index (χ4v) is 2.13. The Morgan fingerprint density at radius 2 is 1.78 bits per heavy atom. The van der Waals surface area contributed by atoms with Gasteiger partial charge in [-0.3, -0.25) is 4.99 Å². The largest absolute Gasteiger partial charge is 0.493 e. The molecular weight excluding hydrogens is 405 g/mol. The molecule has 0 aliphatic rings. The third kappa shape index (κ3) is 6.45. The summed E-state index contributed by atoms with van der Waals surface area (Å²) in [6.07, 6.45) is 1.07. The average molecular weight is 435 g/mol. The van der Waals surface area contributed by atoms with Crippen LogP contribution >= 0.6 is 24.0 Å². The van der Waals surface area contributed by atoms with Crippen molar-refractivity contribution in [1.29, 1.82) is 0 Å². The number of aliphatic imine (C=N–C) groups is 1. The van der Waals surface area contributed by atoms with Gasteiger partial charge in [-0.05, 0) is 24.1 Å². The van der Waals surface area contributed by atoms with Gasteiger partial charge < -0.3 is 20.1 Å². The molecule has 0 bridgehead atoms. The maximum Gasteiger partial charge on any atom is 0.191 e. The SMILES string of the molecule is CCCNC(=NC)NCC(C)(C)c1ccc(OC)c(OC)c1.I. The van der Waals surface area contributed by atoms with E-state index >= 15 is 0 Å². The second-order valence-electron chi connectivity index (χ2n) is 5.81. The normalized spacial score (nSPS) is 11.5. The minimum Gasteiger partial charge on any atom is -0.493 e. The van der Waals surface area contributed by atoms with E-state index in [0.717, 1.165) is 37.0 Å². The Morgan fingerprint density at radius 3 is 2.30 bits per heavy atom. The van der Waals surface area contributed by atoms with Gasteiger partial charge in [0, 0.05) is 25.6 Å². The van der Waals surface area contributed by atoms with Gasteiger partial charge in [0.15, 0.2) is 17.5 Å². The lowest BCUT2D eigenvalue weighted by Gasteiger charge is -2.27. The molecule has 0 aliphatic heterocycles. The zero-order valence-corrected chi connectivity index (χ0v) is 17.4. The third-order valence-electron chi connectivity index (χ3n) is 3.63. The number of benzene rings is 1. The van der Waals surface area contributed by atoms with Crippen LogP contribution in [0.4, 0.5) is 0 Å². The summed E-state index contributed by atoms with van der Waals surface area (Å²) in [6, 6.07) is 6.05. The fourth-order valence-electron chi connectivity index (χ4n) is 2.13. The monoisotopic (exact) mass is 435 g/mol. The molecule has 23 heavy (non-hydrogen) atoms. The van der Waals surface area contributed by atoms with Crippen molar-refractivity contribution in [2.24, 2.45) is 4.99 Å². The van der Waals surface area contributed by atoms with Gasteiger partial charge in [-0.2, -0.15) is 0 Å². The van der Waals surface area contributed by atoms with Crippen molar-refractivity contribution in [2.45, 2.75) is 32.6 Å². The van der Waals surface area contributed by atoms with Gasteiger partial charge in [0.05, 0.1) is 14.2 Å². The molecule has 0 atom stereocenters. The molecule has 0 radical (unpaired) electrons. The van der Waals surface area contributed by atoms with E-state index in [-0.39, 0.29) is 29.4 Å². The van der Waals surface area contributed by atoms with E-state index in [1.54, 1.807) is 21.3 Å². The summed E-state index contributed by atoms with van der Waals surface area (Å²) in [5, 5.41) is 6.65. The van der Waals surface area contributed by atoms with Crippen LogP contribution in [0.25, 0.3) is 0 Å². The standard InChI is InChI=1S/C17H29N3O2.HI/c1-7-10-19-16(18-4)20-12-17(2,3)13-8-9-14(21-5)15(11-13)22-6;/h8-9,11H,7,10,12H2,1-6H3,(H2,18,19,20);1H. The first-order valence-corrected chi connectivity index (χ1v) is 7.65. The van der Waals surface area contributed by atoms with Crippen LogP contribution in [-0.4, -0.2) is 40.3 Å². The minimum absolute atomic E-state index is 0. The lowest BCUT2D eigenvalue weighted by molar-refractivity contribution is 0.353. The number of nitrogens with one attached hydrogen (secondary N) is 2. The lowest BCUT2D eigenvalue weighted by atomic mass is 9.84. The number of methoxy groups -OCH3 is 2. The average Bonchev–Trinajstić information content (AvgIpc) is 2.54. The Morgan fingerprint density at radius 1 is 1.13 bits per heavy atom. The summed E-state index contributed by atoms with van der Waals surface area (Å²) in [5.41, 5.74) is 1.12. The second-order valence-corrected chi connectivity index (χ2v) is 5.81. The lowest BCUT2D eigenvalue weighted by Crippen LogP contribution is -2.43. The van der Waals surface area contributed by atoms with Crippen molar-refractivity contribution < 1.29 is 9.47 Å². The minimum atomic E-state index is -0.0661.